The smallest absolute Gasteiger partial charge is 0.307 e. The van der Waals surface area contributed by atoms with Gasteiger partial charge in [-0.25, -0.2) is 0 Å². The summed E-state index contributed by atoms with van der Waals surface area (Å²) < 4.78 is 4.76. The van der Waals surface area contributed by atoms with E-state index in [0.29, 0.717) is 12.2 Å². The van der Waals surface area contributed by atoms with E-state index < -0.39 is 5.97 Å². The van der Waals surface area contributed by atoms with Crippen LogP contribution >= 0.6 is 23.2 Å². The molecule has 0 bridgehead atoms. The van der Waals surface area contributed by atoms with Crippen LogP contribution in [0.4, 0.5) is 0 Å². The molecule has 0 N–H and O–H groups in total. The molecular weight excluding hydrogens is 187 g/mol. The molecule has 0 aliphatic carbocycles. The van der Waals surface area contributed by atoms with Gasteiger partial charge in [-0.15, -0.1) is 0 Å². The van der Waals surface area contributed by atoms with Crippen molar-refractivity contribution in [3.8, 4) is 0 Å². The van der Waals surface area contributed by atoms with Crippen LogP contribution in [0.2, 0.25) is 0 Å². The Balaban J connectivity index is 4.13. The van der Waals surface area contributed by atoms with Gasteiger partial charge in [0.25, 0.3) is 0 Å². The summed E-state index contributed by atoms with van der Waals surface area (Å²) in [6, 6.07) is 0. The highest BCUT2D eigenvalue weighted by Gasteiger charge is 2.05. The van der Waals surface area contributed by atoms with Gasteiger partial charge < -0.3 is 4.74 Å². The second-order valence-corrected chi connectivity index (χ2v) is 2.98. The Morgan fingerprint density at radius 1 is 1.45 bits per heavy atom. The van der Waals surface area contributed by atoms with Crippen LogP contribution in [0.5, 0.6) is 0 Å². The van der Waals surface area contributed by atoms with Gasteiger partial charge >= 0.3 is 5.97 Å². The van der Waals surface area contributed by atoms with Crippen molar-refractivity contribution in [3.63, 3.8) is 0 Å². The Bertz CT molecular complexity index is 171. The zero-order valence-corrected chi connectivity index (χ0v) is 8.00. The van der Waals surface area contributed by atoms with Crippen molar-refractivity contribution in [3.05, 3.63) is 10.3 Å². The topological polar surface area (TPSA) is 26.3 Å². The highest BCUT2D eigenvalue weighted by molar-refractivity contribution is 6.56. The summed E-state index contributed by atoms with van der Waals surface area (Å²) in [4.78, 5) is 10.5. The molecule has 0 aliphatic heterocycles. The highest BCUT2D eigenvalue weighted by Crippen LogP contribution is 2.19. The van der Waals surface area contributed by atoms with Crippen molar-refractivity contribution < 1.29 is 9.53 Å². The predicted octanol–water partition coefficient (Wildman–Crippen LogP) is 3.00. The lowest BCUT2D eigenvalue weighted by atomic mass is 10.3. The van der Waals surface area contributed by atoms with Crippen molar-refractivity contribution in [1.29, 1.82) is 0 Å². The van der Waals surface area contributed by atoms with E-state index in [2.05, 4.69) is 0 Å². The first kappa shape index (κ1) is 10.8. The average molecular weight is 197 g/mol. The zero-order chi connectivity index (χ0) is 8.85. The highest BCUT2D eigenvalue weighted by atomic mass is 35.5. The summed E-state index contributed by atoms with van der Waals surface area (Å²) in [7, 11) is 0. The molecule has 0 amide bonds. The molecule has 0 aromatic carbocycles. The van der Waals surface area contributed by atoms with Crippen molar-refractivity contribution in [2.75, 3.05) is 0 Å². The van der Waals surface area contributed by atoms with Crippen LogP contribution in [-0.4, -0.2) is 5.97 Å². The minimum Gasteiger partial charge on any atom is -0.429 e. The third-order valence-corrected chi connectivity index (χ3v) is 1.38. The molecular formula is C7H10Cl2O2. The zero-order valence-electron chi connectivity index (χ0n) is 6.49. The van der Waals surface area contributed by atoms with Crippen molar-refractivity contribution in [1.82, 2.24) is 0 Å². The predicted molar refractivity (Wildman–Crippen MR) is 45.4 cm³/mol. The van der Waals surface area contributed by atoms with Crippen molar-refractivity contribution >= 4 is 29.2 Å². The Morgan fingerprint density at radius 2 is 2.00 bits per heavy atom. The van der Waals surface area contributed by atoms with Crippen LogP contribution in [0.25, 0.3) is 0 Å². The van der Waals surface area contributed by atoms with Gasteiger partial charge in [0, 0.05) is 13.3 Å². The molecule has 0 saturated carbocycles. The van der Waals surface area contributed by atoms with Gasteiger partial charge in [-0.05, 0) is 6.42 Å². The van der Waals surface area contributed by atoms with Gasteiger partial charge in [0.05, 0.1) is 0 Å². The van der Waals surface area contributed by atoms with Crippen LogP contribution in [0.1, 0.15) is 26.7 Å². The molecule has 0 aromatic heterocycles. The van der Waals surface area contributed by atoms with Gasteiger partial charge in [-0.2, -0.15) is 0 Å². The van der Waals surface area contributed by atoms with E-state index >= 15 is 0 Å². The van der Waals surface area contributed by atoms with Gasteiger partial charge in [0.1, 0.15) is 10.3 Å². The minimum absolute atomic E-state index is 0.0297. The second kappa shape index (κ2) is 5.44. The van der Waals surface area contributed by atoms with E-state index in [9.17, 15) is 4.79 Å². The lowest BCUT2D eigenvalue weighted by Crippen LogP contribution is -1.99. The standard InChI is InChI=1S/C7H10Cl2O2/c1-3-4-6(7(8)9)11-5(2)10/h3-4H2,1-2H3. The Kier molecular flexibility index (Phi) is 5.34. The summed E-state index contributed by atoms with van der Waals surface area (Å²) >= 11 is 10.9. The van der Waals surface area contributed by atoms with Gasteiger partial charge in [-0.1, -0.05) is 30.1 Å². The first-order chi connectivity index (χ1) is 5.07. The second-order valence-electron chi connectivity index (χ2n) is 2.03. The average Bonchev–Trinajstić information content (AvgIpc) is 1.86. The first-order valence-electron chi connectivity index (χ1n) is 3.30. The summed E-state index contributed by atoms with van der Waals surface area (Å²) in [5.74, 6) is -0.0458. The number of hydrogen-bond donors (Lipinski definition) is 0. The van der Waals surface area contributed by atoms with Crippen LogP contribution in [-0.2, 0) is 9.53 Å². The summed E-state index contributed by atoms with van der Waals surface area (Å²) in [5.41, 5.74) is 0. The number of halogens is 2. The minimum atomic E-state index is -0.396. The fourth-order valence-electron chi connectivity index (χ4n) is 0.585. The van der Waals surface area contributed by atoms with E-state index in [0.717, 1.165) is 6.42 Å². The summed E-state index contributed by atoms with van der Waals surface area (Å²) in [6.45, 7) is 3.26. The molecule has 0 radical (unpaired) electrons. The number of esters is 1. The largest absolute Gasteiger partial charge is 0.429 e. The molecule has 11 heavy (non-hydrogen) atoms. The van der Waals surface area contributed by atoms with E-state index in [4.69, 9.17) is 27.9 Å². The Labute approximate surface area is 76.1 Å². The lowest BCUT2D eigenvalue weighted by molar-refractivity contribution is -0.137. The molecule has 0 atom stereocenters. The van der Waals surface area contributed by atoms with E-state index in [1.807, 2.05) is 6.92 Å². The number of allylic oxidation sites excluding steroid dienone is 1. The van der Waals surface area contributed by atoms with Crippen LogP contribution in [0.3, 0.4) is 0 Å². The first-order valence-corrected chi connectivity index (χ1v) is 4.06. The van der Waals surface area contributed by atoms with E-state index in [-0.39, 0.29) is 4.49 Å². The number of ether oxygens (including phenoxy) is 1. The third-order valence-electron chi connectivity index (χ3n) is 0.955. The molecule has 0 aliphatic rings. The molecule has 0 heterocycles. The molecule has 0 rings (SSSR count). The van der Waals surface area contributed by atoms with Gasteiger partial charge in [0.15, 0.2) is 0 Å². The maximum atomic E-state index is 10.5. The fourth-order valence-corrected chi connectivity index (χ4v) is 0.851. The van der Waals surface area contributed by atoms with Crippen molar-refractivity contribution in [2.45, 2.75) is 26.7 Å². The van der Waals surface area contributed by atoms with E-state index in [1.54, 1.807) is 0 Å². The number of rotatable bonds is 3. The third kappa shape index (κ3) is 5.10. The number of carbonyl (C=O) groups excluding carboxylic acids is 1. The molecule has 64 valence electrons. The normalized spacial score (nSPS) is 9.09. The summed E-state index contributed by atoms with van der Waals surface area (Å²) in [6.07, 6.45) is 1.42. The van der Waals surface area contributed by atoms with Crippen LogP contribution < -0.4 is 0 Å². The van der Waals surface area contributed by atoms with Gasteiger partial charge in [-0.3, -0.25) is 4.79 Å². The molecule has 0 spiro atoms. The summed E-state index contributed by atoms with van der Waals surface area (Å²) in [5, 5.41) is 0. The lowest BCUT2D eigenvalue weighted by Gasteiger charge is -2.04. The van der Waals surface area contributed by atoms with Crippen molar-refractivity contribution in [2.24, 2.45) is 0 Å². The SMILES string of the molecule is CCCC(OC(C)=O)=C(Cl)Cl. The molecule has 4 heteroatoms. The Hall–Kier alpha value is -0.210. The molecule has 2 nitrogen and oxygen atoms in total. The van der Waals surface area contributed by atoms with Crippen LogP contribution in [0.15, 0.2) is 10.3 Å². The van der Waals surface area contributed by atoms with Gasteiger partial charge in [0.2, 0.25) is 0 Å². The van der Waals surface area contributed by atoms with Crippen LogP contribution in [0, 0.1) is 0 Å². The molecule has 0 aromatic rings. The quantitative estimate of drug-likeness (QED) is 0.513. The Morgan fingerprint density at radius 3 is 2.27 bits per heavy atom. The van der Waals surface area contributed by atoms with E-state index in [1.165, 1.54) is 6.92 Å². The molecule has 0 fully saturated rings. The maximum absolute atomic E-state index is 10.5. The fraction of sp³-hybridized carbons (Fsp3) is 0.571. The molecule has 0 unspecified atom stereocenters. The molecule has 0 saturated heterocycles. The number of hydrogen-bond acceptors (Lipinski definition) is 2. The number of carbonyl (C=O) groups is 1. The monoisotopic (exact) mass is 196 g/mol. The maximum Gasteiger partial charge on any atom is 0.307 e.